The van der Waals surface area contributed by atoms with Crippen molar-refractivity contribution in [2.45, 2.75) is 64.8 Å². The molecule has 0 aliphatic carbocycles. The van der Waals surface area contributed by atoms with E-state index >= 15 is 0 Å². The van der Waals surface area contributed by atoms with E-state index in [2.05, 4.69) is 140 Å². The molecule has 0 atom stereocenters. The molecule has 7 heteroatoms. The van der Waals surface area contributed by atoms with Gasteiger partial charge in [0.15, 0.2) is 0 Å². The summed E-state index contributed by atoms with van der Waals surface area (Å²) < 4.78 is 0. The molecule has 0 radical (unpaired) electrons. The fourth-order valence-corrected chi connectivity index (χ4v) is 30.9. The molecule has 0 saturated carbocycles. The number of benzene rings is 4. The Hall–Kier alpha value is -2.32. The summed E-state index contributed by atoms with van der Waals surface area (Å²) in [6.45, 7) is 24.7. The van der Waals surface area contributed by atoms with Crippen molar-refractivity contribution < 1.29 is 26.2 Å². The van der Waals surface area contributed by atoms with Crippen molar-refractivity contribution in [1.82, 2.24) is 0 Å². The van der Waals surface area contributed by atoms with Crippen LogP contribution in [0.15, 0.2) is 103 Å². The summed E-state index contributed by atoms with van der Waals surface area (Å²) in [6, 6.07) is 35.8. The summed E-state index contributed by atoms with van der Waals surface area (Å²) in [5.41, 5.74) is 8.14. The summed E-state index contributed by atoms with van der Waals surface area (Å²) in [5.74, 6) is 0. The second kappa shape index (κ2) is 15.4. The van der Waals surface area contributed by atoms with E-state index < -0.39 is 24.7 Å². The molecule has 4 rings (SSSR count). The van der Waals surface area contributed by atoms with Crippen LogP contribution in [-0.4, -0.2) is 24.7 Å². The maximum atomic E-state index is 5.46. The molecule has 0 spiro atoms. The molecule has 4 aromatic carbocycles. The van der Waals surface area contributed by atoms with Crippen LogP contribution in [0.3, 0.4) is 0 Å². The molecule has 0 saturated heterocycles. The fourth-order valence-electron chi connectivity index (χ4n) is 6.12. The minimum atomic E-state index is -2.13. The molecule has 0 N–H and O–H groups in total. The smallest absolute Gasteiger partial charge is 0.687 e. The van der Waals surface area contributed by atoms with Gasteiger partial charge in [0.25, 0.3) is 0 Å². The van der Waals surface area contributed by atoms with Crippen molar-refractivity contribution in [3.8, 4) is 0 Å². The van der Waals surface area contributed by atoms with Crippen LogP contribution < -0.4 is 0 Å². The second-order valence-corrected chi connectivity index (χ2v) is 26.8. The Morgan fingerprint density at radius 2 is 0.714 bits per heavy atom. The van der Waals surface area contributed by atoms with Crippen LogP contribution in [0.4, 0.5) is 17.1 Å². The van der Waals surface area contributed by atoms with Gasteiger partial charge in [-0.15, -0.1) is 29.2 Å². The van der Waals surface area contributed by atoms with Gasteiger partial charge in [0.1, 0.15) is 0 Å². The van der Waals surface area contributed by atoms with E-state index in [4.69, 9.17) is 14.9 Å². The molecule has 4 aromatic rings. The third-order valence-electron chi connectivity index (χ3n) is 7.32. The van der Waals surface area contributed by atoms with E-state index in [-0.39, 0.29) is 26.2 Å². The molecule has 0 aromatic heterocycles. The summed E-state index contributed by atoms with van der Waals surface area (Å²) in [5, 5.41) is 0. The first kappa shape index (κ1) is 35.9. The van der Waals surface area contributed by atoms with Crippen molar-refractivity contribution in [2.75, 3.05) is 0 Å². The standard InChI is InChI=1S/C28H40N3Si3.C7H7.Zr/c1-22-10-16-25(17-11-22)29-32(4,5)28(33(6,7)30-26-18-12-23(2)13-19-26)34(8,9)31-27-20-14-24(3)15-21-27;1-7-5-3-2-4-6-7;/h10-21,28H,1-9H3;2-6H,1H2;/q-3;-1;+4. The zero-order chi connectivity index (χ0) is 30.3. The van der Waals surface area contributed by atoms with Crippen LogP contribution in [0.5, 0.6) is 0 Å². The molecule has 0 aliphatic rings. The average molecular weight is 685 g/mol. The third kappa shape index (κ3) is 10.7. The van der Waals surface area contributed by atoms with Crippen LogP contribution in [0, 0.1) is 27.7 Å². The summed E-state index contributed by atoms with van der Waals surface area (Å²) in [7, 11) is -6.39. The van der Waals surface area contributed by atoms with Gasteiger partial charge in [-0.1, -0.05) is 164 Å². The number of hydrogen-bond acceptors (Lipinski definition) is 0. The Morgan fingerprint density at radius 1 is 0.452 bits per heavy atom. The van der Waals surface area contributed by atoms with Crippen molar-refractivity contribution in [3.63, 3.8) is 0 Å². The normalized spacial score (nSPS) is 11.6. The van der Waals surface area contributed by atoms with Gasteiger partial charge in [-0.2, -0.15) is 24.6 Å². The van der Waals surface area contributed by atoms with Gasteiger partial charge in [-0.25, -0.2) is 0 Å². The predicted octanol–water partition coefficient (Wildman–Crippen LogP) is 12.0. The topological polar surface area (TPSA) is 42.3 Å². The van der Waals surface area contributed by atoms with Crippen LogP contribution in [-0.2, 0) is 26.2 Å². The molecular formula is C35H47N3Si3Zr. The second-order valence-electron chi connectivity index (χ2n) is 12.7. The minimum absolute atomic E-state index is 0. The number of rotatable bonds is 9. The summed E-state index contributed by atoms with van der Waals surface area (Å²) >= 11 is 0. The van der Waals surface area contributed by atoms with Crippen LogP contribution in [0.1, 0.15) is 22.3 Å². The van der Waals surface area contributed by atoms with Crippen molar-refractivity contribution in [2.24, 2.45) is 0 Å². The largest absolute Gasteiger partial charge is 4.00 e. The fraction of sp³-hybridized carbons (Fsp3) is 0.286. The number of hydrogen-bond donors (Lipinski definition) is 0. The molecule has 0 heterocycles. The molecule has 0 aliphatic heterocycles. The number of aryl methyl sites for hydroxylation is 3. The van der Waals surface area contributed by atoms with Crippen LogP contribution >= 0.6 is 0 Å². The summed E-state index contributed by atoms with van der Waals surface area (Å²) in [6.07, 6.45) is 0. The average Bonchev–Trinajstić information content (AvgIpc) is 2.88. The molecule has 0 fully saturated rings. The van der Waals surface area contributed by atoms with Crippen molar-refractivity contribution in [3.05, 3.63) is 147 Å². The number of nitrogens with zero attached hydrogens (tertiary/aromatic N) is 3. The van der Waals surface area contributed by atoms with Gasteiger partial charge in [0.05, 0.1) is 0 Å². The Bertz CT molecular complexity index is 1210. The van der Waals surface area contributed by atoms with Gasteiger partial charge in [0.2, 0.25) is 0 Å². The van der Waals surface area contributed by atoms with E-state index in [9.17, 15) is 0 Å². The SMILES string of the molecule is Cc1ccc([N-][Si](C)(C)C([Si](C)(C)[N-]c2ccc(C)cc2)[Si](C)(C)[N-]c2ccc(C)cc2)cc1.[CH2-]c1ccccc1.[Zr+4]. The van der Waals surface area contributed by atoms with E-state index in [1.165, 1.54) is 16.7 Å². The first-order valence-electron chi connectivity index (χ1n) is 14.4. The Labute approximate surface area is 278 Å². The molecule has 42 heavy (non-hydrogen) atoms. The van der Waals surface area contributed by atoms with Crippen LogP contribution in [0.25, 0.3) is 14.9 Å². The quantitative estimate of drug-likeness (QED) is 0.124. The van der Waals surface area contributed by atoms with Gasteiger partial charge in [-0.05, 0) is 20.8 Å². The zero-order valence-corrected chi connectivity index (χ0v) is 32.4. The third-order valence-corrected chi connectivity index (χ3v) is 26.8. The predicted molar refractivity (Wildman–Crippen MR) is 190 cm³/mol. The monoisotopic (exact) mass is 683 g/mol. The van der Waals surface area contributed by atoms with Crippen LogP contribution in [0.2, 0.25) is 44.1 Å². The molecule has 0 amide bonds. The van der Waals surface area contributed by atoms with E-state index in [1.807, 2.05) is 30.3 Å². The molecule has 218 valence electrons. The Morgan fingerprint density at radius 3 is 0.929 bits per heavy atom. The zero-order valence-electron chi connectivity index (χ0n) is 26.9. The van der Waals surface area contributed by atoms with Crippen molar-refractivity contribution >= 4 is 41.8 Å². The molecule has 0 unspecified atom stereocenters. The molecule has 3 nitrogen and oxygen atoms in total. The van der Waals surface area contributed by atoms with E-state index in [0.717, 1.165) is 22.6 Å². The maximum absolute atomic E-state index is 5.46. The summed E-state index contributed by atoms with van der Waals surface area (Å²) in [4.78, 5) is 16.8. The maximum Gasteiger partial charge on any atom is 4.00 e. The Kier molecular flexibility index (Phi) is 13.2. The van der Waals surface area contributed by atoms with Gasteiger partial charge < -0.3 is 14.9 Å². The molecule has 0 bridgehead atoms. The Balaban J connectivity index is 0.000000674. The first-order chi connectivity index (χ1) is 19.2. The van der Waals surface area contributed by atoms with Gasteiger partial charge >= 0.3 is 26.2 Å². The van der Waals surface area contributed by atoms with Gasteiger partial charge in [0, 0.05) is 0 Å². The van der Waals surface area contributed by atoms with E-state index in [0.29, 0.717) is 4.79 Å². The minimum Gasteiger partial charge on any atom is -0.687 e. The molecular weight excluding hydrogens is 638 g/mol. The van der Waals surface area contributed by atoms with Gasteiger partial charge in [-0.3, -0.25) is 0 Å². The van der Waals surface area contributed by atoms with Crippen molar-refractivity contribution in [1.29, 1.82) is 0 Å². The first-order valence-corrected chi connectivity index (χ1v) is 23.5. The van der Waals surface area contributed by atoms with E-state index in [1.54, 1.807) is 0 Å².